The smallest absolute Gasteiger partial charge is 0.187 e. The highest BCUT2D eigenvalue weighted by Crippen LogP contribution is 2.24. The first kappa shape index (κ1) is 21.5. The van der Waals surface area contributed by atoms with Crippen molar-refractivity contribution in [1.82, 2.24) is 20.5 Å². The van der Waals surface area contributed by atoms with E-state index in [1.807, 2.05) is 72.4 Å². The van der Waals surface area contributed by atoms with Gasteiger partial charge in [0, 0.05) is 30.5 Å². The zero-order chi connectivity index (χ0) is 21.3. The normalized spacial score (nSPS) is 12.0. The summed E-state index contributed by atoms with van der Waals surface area (Å²) in [6.45, 7) is 2.53. The first-order valence-electron chi connectivity index (χ1n) is 9.48. The average Bonchev–Trinajstić information content (AvgIpc) is 3.18. The predicted molar refractivity (Wildman–Crippen MR) is 123 cm³/mol. The van der Waals surface area contributed by atoms with Crippen LogP contribution in [-0.2, 0) is 4.74 Å². The van der Waals surface area contributed by atoms with Gasteiger partial charge in [-0.1, -0.05) is 18.2 Å². The molecular weight excluding hydrogens is 398 g/mol. The van der Waals surface area contributed by atoms with Crippen LogP contribution in [0.25, 0.3) is 16.9 Å². The molecule has 156 valence electrons. The van der Waals surface area contributed by atoms with Gasteiger partial charge in [-0.2, -0.15) is 10.2 Å². The molecule has 0 saturated carbocycles. The molecule has 1 heterocycles. The number of hydrogen-bond donors (Lipinski definition) is 2. The van der Waals surface area contributed by atoms with Crippen LogP contribution in [0.5, 0.6) is 5.75 Å². The third-order valence-electron chi connectivity index (χ3n) is 4.29. The fraction of sp³-hybridized carbons (Fsp3) is 0.227. The number of para-hydroxylation sites is 1. The molecule has 3 rings (SSSR count). The summed E-state index contributed by atoms with van der Waals surface area (Å²) in [6, 6.07) is 17.8. The Morgan fingerprint density at radius 1 is 1.17 bits per heavy atom. The summed E-state index contributed by atoms with van der Waals surface area (Å²) in [4.78, 5) is 0. The summed E-state index contributed by atoms with van der Waals surface area (Å²) in [6.07, 6.45) is 3.64. The first-order chi connectivity index (χ1) is 14.6. The minimum Gasteiger partial charge on any atom is -0.497 e. The number of aromatic nitrogens is 2. The Labute approximate surface area is 181 Å². The molecule has 2 N–H and O–H groups in total. The Morgan fingerprint density at radius 3 is 2.57 bits per heavy atom. The minimum absolute atomic E-state index is 0.0842. The summed E-state index contributed by atoms with van der Waals surface area (Å²) in [5, 5.41) is 12.6. The fourth-order valence-corrected chi connectivity index (χ4v) is 3.13. The molecule has 0 aliphatic rings. The zero-order valence-corrected chi connectivity index (χ0v) is 18.0. The predicted octanol–water partition coefficient (Wildman–Crippen LogP) is 3.38. The average molecular weight is 424 g/mol. The fourth-order valence-electron chi connectivity index (χ4n) is 2.88. The first-order valence-corrected chi connectivity index (χ1v) is 9.89. The number of rotatable bonds is 8. The lowest BCUT2D eigenvalue weighted by Crippen LogP contribution is -2.40. The van der Waals surface area contributed by atoms with Crippen molar-refractivity contribution >= 4 is 23.5 Å². The molecule has 3 aromatic rings. The number of ether oxygens (including phenoxy) is 2. The molecule has 7 nitrogen and oxygen atoms in total. The Kier molecular flexibility index (Phi) is 7.53. The molecule has 0 unspecified atom stereocenters. The Bertz CT molecular complexity index is 987. The van der Waals surface area contributed by atoms with Gasteiger partial charge in [-0.3, -0.25) is 5.43 Å². The molecule has 0 aliphatic carbocycles. The number of hydrogen-bond acceptors (Lipinski definition) is 5. The molecule has 0 amide bonds. The Balaban J connectivity index is 1.84. The van der Waals surface area contributed by atoms with Crippen LogP contribution in [0, 0.1) is 0 Å². The van der Waals surface area contributed by atoms with Crippen molar-refractivity contribution in [1.29, 1.82) is 0 Å². The lowest BCUT2D eigenvalue weighted by atomic mass is 10.1. The van der Waals surface area contributed by atoms with Gasteiger partial charge in [-0.15, -0.1) is 0 Å². The van der Waals surface area contributed by atoms with E-state index in [-0.39, 0.29) is 6.04 Å². The van der Waals surface area contributed by atoms with E-state index in [2.05, 4.69) is 15.8 Å². The third-order valence-corrected chi connectivity index (χ3v) is 4.50. The second-order valence-electron chi connectivity index (χ2n) is 6.64. The highest BCUT2D eigenvalue weighted by molar-refractivity contribution is 7.80. The standard InChI is InChI=1S/C22H25N5O2S/c1-16(15-28-2)24-22(30)25-23-13-18-14-27(19-7-5-4-6-8-19)26-21(18)17-9-11-20(29-3)12-10-17/h4-14,16H,15H2,1-3H3,(H2,24,25,30)/b23-13-/t16-/m0/s1. The van der Waals surface area contributed by atoms with E-state index < -0.39 is 0 Å². The van der Waals surface area contributed by atoms with Gasteiger partial charge in [0.2, 0.25) is 0 Å². The van der Waals surface area contributed by atoms with Crippen molar-refractivity contribution in [2.75, 3.05) is 20.8 Å². The molecule has 0 fully saturated rings. The number of thiocarbonyl (C=S) groups is 1. The molecular formula is C22H25N5O2S. The van der Waals surface area contributed by atoms with E-state index in [4.69, 9.17) is 26.8 Å². The number of nitrogens with one attached hydrogen (secondary N) is 2. The summed E-state index contributed by atoms with van der Waals surface area (Å²) < 4.78 is 12.2. The van der Waals surface area contributed by atoms with Crippen LogP contribution >= 0.6 is 12.2 Å². The van der Waals surface area contributed by atoms with Crippen LogP contribution in [0.3, 0.4) is 0 Å². The minimum atomic E-state index is 0.0842. The SMILES string of the molecule is COC[C@H](C)NC(=S)N/N=C\c1cn(-c2ccccc2)nc1-c1ccc(OC)cc1. The van der Waals surface area contributed by atoms with Crippen LogP contribution < -0.4 is 15.5 Å². The van der Waals surface area contributed by atoms with Crippen molar-refractivity contribution in [3.8, 4) is 22.7 Å². The van der Waals surface area contributed by atoms with Crippen LogP contribution in [0.4, 0.5) is 0 Å². The molecule has 0 aliphatic heterocycles. The number of nitrogens with zero attached hydrogens (tertiary/aromatic N) is 3. The van der Waals surface area contributed by atoms with E-state index >= 15 is 0 Å². The monoisotopic (exact) mass is 423 g/mol. The molecule has 1 aromatic heterocycles. The quantitative estimate of drug-likeness (QED) is 0.329. The van der Waals surface area contributed by atoms with Gasteiger partial charge in [0.15, 0.2) is 5.11 Å². The third kappa shape index (κ3) is 5.65. The summed E-state index contributed by atoms with van der Waals surface area (Å²) in [5.41, 5.74) is 6.42. The van der Waals surface area contributed by atoms with Gasteiger partial charge in [-0.05, 0) is 55.5 Å². The van der Waals surface area contributed by atoms with E-state index in [0.29, 0.717) is 11.7 Å². The molecule has 0 bridgehead atoms. The maximum Gasteiger partial charge on any atom is 0.187 e. The molecule has 0 spiro atoms. The largest absolute Gasteiger partial charge is 0.497 e. The Morgan fingerprint density at radius 2 is 1.90 bits per heavy atom. The second kappa shape index (κ2) is 10.5. The van der Waals surface area contributed by atoms with E-state index in [1.165, 1.54) is 0 Å². The zero-order valence-electron chi connectivity index (χ0n) is 17.2. The second-order valence-corrected chi connectivity index (χ2v) is 7.05. The highest BCUT2D eigenvalue weighted by atomic mass is 32.1. The summed E-state index contributed by atoms with van der Waals surface area (Å²) in [5.74, 6) is 0.791. The molecule has 30 heavy (non-hydrogen) atoms. The van der Waals surface area contributed by atoms with Gasteiger partial charge in [0.25, 0.3) is 0 Å². The molecule has 0 saturated heterocycles. The van der Waals surface area contributed by atoms with Gasteiger partial charge in [0.05, 0.1) is 25.6 Å². The lowest BCUT2D eigenvalue weighted by molar-refractivity contribution is 0.179. The summed E-state index contributed by atoms with van der Waals surface area (Å²) >= 11 is 5.27. The number of benzene rings is 2. The van der Waals surface area contributed by atoms with Gasteiger partial charge in [-0.25, -0.2) is 4.68 Å². The molecule has 8 heteroatoms. The van der Waals surface area contributed by atoms with Crippen LogP contribution in [0.2, 0.25) is 0 Å². The number of hydrazone groups is 1. The van der Waals surface area contributed by atoms with Crippen LogP contribution in [0.15, 0.2) is 65.9 Å². The van der Waals surface area contributed by atoms with E-state index in [0.717, 1.165) is 28.3 Å². The van der Waals surface area contributed by atoms with Crippen molar-refractivity contribution in [2.45, 2.75) is 13.0 Å². The van der Waals surface area contributed by atoms with E-state index in [9.17, 15) is 0 Å². The van der Waals surface area contributed by atoms with Crippen molar-refractivity contribution in [3.63, 3.8) is 0 Å². The van der Waals surface area contributed by atoms with Gasteiger partial charge >= 0.3 is 0 Å². The van der Waals surface area contributed by atoms with Crippen molar-refractivity contribution < 1.29 is 9.47 Å². The van der Waals surface area contributed by atoms with Crippen molar-refractivity contribution in [2.24, 2.45) is 5.10 Å². The maximum absolute atomic E-state index is 5.27. The maximum atomic E-state index is 5.27. The summed E-state index contributed by atoms with van der Waals surface area (Å²) in [7, 11) is 3.30. The Hall–Kier alpha value is -3.23. The van der Waals surface area contributed by atoms with Gasteiger partial charge in [0.1, 0.15) is 11.4 Å². The van der Waals surface area contributed by atoms with Crippen molar-refractivity contribution in [3.05, 3.63) is 66.4 Å². The molecule has 0 radical (unpaired) electrons. The van der Waals surface area contributed by atoms with Crippen LogP contribution in [-0.4, -0.2) is 48.0 Å². The topological polar surface area (TPSA) is 72.7 Å². The highest BCUT2D eigenvalue weighted by Gasteiger charge is 2.11. The molecule has 1 atom stereocenters. The molecule has 2 aromatic carbocycles. The lowest BCUT2D eigenvalue weighted by Gasteiger charge is -2.13. The van der Waals surface area contributed by atoms with Crippen LogP contribution in [0.1, 0.15) is 12.5 Å². The van der Waals surface area contributed by atoms with Gasteiger partial charge < -0.3 is 14.8 Å². The van der Waals surface area contributed by atoms with E-state index in [1.54, 1.807) is 20.4 Å². The number of methoxy groups -OCH3 is 2.